The molecule has 0 amide bonds. The number of hydrogen-bond acceptors (Lipinski definition) is 6. The minimum Gasteiger partial charge on any atom is -0.497 e. The van der Waals surface area contributed by atoms with Crippen LogP contribution < -0.4 is 14.8 Å². The first kappa shape index (κ1) is 17.9. The van der Waals surface area contributed by atoms with E-state index in [4.69, 9.17) is 9.47 Å². The van der Waals surface area contributed by atoms with Crippen molar-refractivity contribution in [2.45, 2.75) is 6.04 Å². The largest absolute Gasteiger partial charge is 0.497 e. The van der Waals surface area contributed by atoms with E-state index in [-0.39, 0.29) is 6.04 Å². The summed E-state index contributed by atoms with van der Waals surface area (Å²) in [5.74, 6) is 2.46. The smallest absolute Gasteiger partial charge is 0.137 e. The fourth-order valence-corrected chi connectivity index (χ4v) is 2.92. The van der Waals surface area contributed by atoms with E-state index in [0.29, 0.717) is 0 Å². The van der Waals surface area contributed by atoms with Crippen LogP contribution in [0.3, 0.4) is 0 Å². The molecule has 0 radical (unpaired) electrons. The average molecular weight is 352 g/mol. The number of hydrogen-bond donors (Lipinski definition) is 1. The van der Waals surface area contributed by atoms with Crippen LogP contribution in [0.5, 0.6) is 11.5 Å². The number of nitrogens with one attached hydrogen (secondary N) is 1. The van der Waals surface area contributed by atoms with Gasteiger partial charge in [-0.15, -0.1) is 0 Å². The number of anilines is 1. The van der Waals surface area contributed by atoms with Crippen molar-refractivity contribution >= 4 is 16.7 Å². The van der Waals surface area contributed by atoms with Crippen LogP contribution in [0.1, 0.15) is 11.6 Å². The van der Waals surface area contributed by atoms with Gasteiger partial charge < -0.3 is 19.7 Å². The zero-order valence-electron chi connectivity index (χ0n) is 15.6. The summed E-state index contributed by atoms with van der Waals surface area (Å²) < 4.78 is 10.5. The number of fused-ring (bicyclic) bond motifs is 1. The minimum absolute atomic E-state index is 0.198. The molecule has 0 saturated heterocycles. The second kappa shape index (κ2) is 8.01. The van der Waals surface area contributed by atoms with Crippen LogP contribution in [0.15, 0.2) is 48.8 Å². The molecule has 1 aromatic heterocycles. The summed E-state index contributed by atoms with van der Waals surface area (Å²) >= 11 is 0. The lowest BCUT2D eigenvalue weighted by atomic mass is 10.1. The van der Waals surface area contributed by atoms with Crippen LogP contribution in [0.4, 0.5) is 5.82 Å². The summed E-state index contributed by atoms with van der Waals surface area (Å²) in [6, 6.07) is 14.2. The van der Waals surface area contributed by atoms with Crippen LogP contribution in [-0.2, 0) is 0 Å². The monoisotopic (exact) mass is 352 g/mol. The average Bonchev–Trinajstić information content (AvgIpc) is 2.68. The molecule has 136 valence electrons. The van der Waals surface area contributed by atoms with E-state index in [0.717, 1.165) is 34.8 Å². The molecule has 0 fully saturated rings. The first-order valence-electron chi connectivity index (χ1n) is 8.45. The molecule has 6 heteroatoms. The topological polar surface area (TPSA) is 59.5 Å². The highest BCUT2D eigenvalue weighted by Crippen LogP contribution is 2.26. The number of methoxy groups -OCH3 is 2. The molecule has 2 aromatic carbocycles. The van der Waals surface area contributed by atoms with Gasteiger partial charge in [-0.1, -0.05) is 12.1 Å². The van der Waals surface area contributed by atoms with Crippen LogP contribution in [0.2, 0.25) is 0 Å². The van der Waals surface area contributed by atoms with Crippen molar-refractivity contribution in [3.05, 3.63) is 54.4 Å². The maximum absolute atomic E-state index is 5.27. The van der Waals surface area contributed by atoms with Crippen molar-refractivity contribution < 1.29 is 9.47 Å². The van der Waals surface area contributed by atoms with Crippen LogP contribution in [0.25, 0.3) is 10.9 Å². The minimum atomic E-state index is 0.198. The standard InChI is InChI=1S/C20H24N4O2/c1-24(2)19(14-5-7-15(25-3)8-6-14)12-21-20-17-10-9-16(26-4)11-18(17)22-13-23-20/h5-11,13,19H,12H2,1-4H3,(H,21,22,23). The van der Waals surface area contributed by atoms with Gasteiger partial charge >= 0.3 is 0 Å². The van der Waals surface area contributed by atoms with Crippen molar-refractivity contribution in [2.75, 3.05) is 40.2 Å². The summed E-state index contributed by atoms with van der Waals surface area (Å²) in [7, 11) is 7.46. The van der Waals surface area contributed by atoms with Crippen molar-refractivity contribution in [2.24, 2.45) is 0 Å². The molecule has 0 bridgehead atoms. The summed E-state index contributed by atoms with van der Waals surface area (Å²) in [5, 5.41) is 4.44. The van der Waals surface area contributed by atoms with Gasteiger partial charge in [0, 0.05) is 18.0 Å². The Morgan fingerprint density at radius 1 is 0.962 bits per heavy atom. The van der Waals surface area contributed by atoms with E-state index in [9.17, 15) is 0 Å². The lowest BCUT2D eigenvalue weighted by molar-refractivity contribution is 0.311. The van der Waals surface area contributed by atoms with Gasteiger partial charge in [0.25, 0.3) is 0 Å². The van der Waals surface area contributed by atoms with Crippen LogP contribution in [0, 0.1) is 0 Å². The van der Waals surface area contributed by atoms with Gasteiger partial charge in [-0.05, 0) is 43.9 Å². The Balaban J connectivity index is 1.82. The Bertz CT molecular complexity index is 865. The molecule has 3 rings (SSSR count). The van der Waals surface area contributed by atoms with Crippen molar-refractivity contribution in [3.8, 4) is 11.5 Å². The molecule has 1 unspecified atom stereocenters. The predicted molar refractivity (Wildman–Crippen MR) is 104 cm³/mol. The Morgan fingerprint density at radius 3 is 2.31 bits per heavy atom. The number of rotatable bonds is 7. The number of ether oxygens (including phenoxy) is 2. The van der Waals surface area contributed by atoms with Gasteiger partial charge in [0.2, 0.25) is 0 Å². The van der Waals surface area contributed by atoms with Crippen molar-refractivity contribution in [1.29, 1.82) is 0 Å². The van der Waals surface area contributed by atoms with E-state index in [1.54, 1.807) is 20.5 Å². The van der Waals surface area contributed by atoms with Gasteiger partial charge in [-0.2, -0.15) is 0 Å². The molecule has 1 atom stereocenters. The number of aromatic nitrogens is 2. The van der Waals surface area contributed by atoms with E-state index in [1.807, 2.05) is 30.3 Å². The third-order valence-electron chi connectivity index (χ3n) is 4.43. The third-order valence-corrected chi connectivity index (χ3v) is 4.43. The molecule has 6 nitrogen and oxygen atoms in total. The Hall–Kier alpha value is -2.86. The highest BCUT2D eigenvalue weighted by molar-refractivity contribution is 5.89. The zero-order valence-corrected chi connectivity index (χ0v) is 15.6. The summed E-state index contributed by atoms with van der Waals surface area (Å²) in [4.78, 5) is 10.9. The van der Waals surface area contributed by atoms with E-state index in [1.165, 1.54) is 5.56 Å². The molecule has 0 aliphatic carbocycles. The SMILES string of the molecule is COc1ccc(C(CNc2ncnc3cc(OC)ccc23)N(C)C)cc1. The fourth-order valence-electron chi connectivity index (χ4n) is 2.92. The molecular formula is C20H24N4O2. The second-order valence-corrected chi connectivity index (χ2v) is 6.24. The molecule has 26 heavy (non-hydrogen) atoms. The number of benzene rings is 2. The Morgan fingerprint density at radius 2 is 1.65 bits per heavy atom. The normalized spacial score (nSPS) is 12.2. The quantitative estimate of drug-likeness (QED) is 0.704. The first-order chi connectivity index (χ1) is 12.6. The van der Waals surface area contributed by atoms with Crippen molar-refractivity contribution in [3.63, 3.8) is 0 Å². The lowest BCUT2D eigenvalue weighted by Gasteiger charge is -2.25. The Kier molecular flexibility index (Phi) is 5.53. The maximum Gasteiger partial charge on any atom is 0.137 e. The zero-order chi connectivity index (χ0) is 18.5. The van der Waals surface area contributed by atoms with Gasteiger partial charge in [-0.25, -0.2) is 9.97 Å². The summed E-state index contributed by atoms with van der Waals surface area (Å²) in [5.41, 5.74) is 2.07. The molecule has 3 aromatic rings. The van der Waals surface area contributed by atoms with Gasteiger partial charge in [0.15, 0.2) is 0 Å². The second-order valence-electron chi connectivity index (χ2n) is 6.24. The van der Waals surface area contributed by atoms with Gasteiger partial charge in [0.1, 0.15) is 23.6 Å². The lowest BCUT2D eigenvalue weighted by Crippen LogP contribution is -2.27. The number of nitrogens with zero attached hydrogens (tertiary/aromatic N) is 3. The van der Waals surface area contributed by atoms with Crippen molar-refractivity contribution in [1.82, 2.24) is 14.9 Å². The third kappa shape index (κ3) is 3.86. The Labute approximate surface area is 153 Å². The molecule has 0 spiro atoms. The molecular weight excluding hydrogens is 328 g/mol. The molecule has 0 aliphatic rings. The number of likely N-dealkylation sites (N-methyl/N-ethyl adjacent to an activating group) is 1. The van der Waals surface area contributed by atoms with Gasteiger partial charge in [0.05, 0.1) is 25.8 Å². The highest BCUT2D eigenvalue weighted by atomic mass is 16.5. The van der Waals surface area contributed by atoms with E-state index < -0.39 is 0 Å². The molecule has 0 aliphatic heterocycles. The first-order valence-corrected chi connectivity index (χ1v) is 8.45. The van der Waals surface area contributed by atoms with Crippen LogP contribution in [-0.4, -0.2) is 49.7 Å². The summed E-state index contributed by atoms with van der Waals surface area (Å²) in [6.07, 6.45) is 1.57. The molecule has 1 heterocycles. The molecule has 0 saturated carbocycles. The molecule has 1 N–H and O–H groups in total. The van der Waals surface area contributed by atoms with Crippen LogP contribution >= 0.6 is 0 Å². The predicted octanol–water partition coefficient (Wildman–Crippen LogP) is 3.36. The van der Waals surface area contributed by atoms with Gasteiger partial charge in [-0.3, -0.25) is 0 Å². The summed E-state index contributed by atoms with van der Waals surface area (Å²) in [6.45, 7) is 0.720. The van der Waals surface area contributed by atoms with E-state index >= 15 is 0 Å². The van der Waals surface area contributed by atoms with E-state index in [2.05, 4.69) is 46.4 Å². The highest BCUT2D eigenvalue weighted by Gasteiger charge is 2.15. The fraction of sp³-hybridized carbons (Fsp3) is 0.300. The maximum atomic E-state index is 5.27.